The van der Waals surface area contributed by atoms with Gasteiger partial charge >= 0.3 is 0 Å². The molecule has 0 rings (SSSR count). The lowest BCUT2D eigenvalue weighted by Crippen LogP contribution is -1.97. The van der Waals surface area contributed by atoms with Gasteiger partial charge in [0.2, 0.25) is 0 Å². The highest BCUT2D eigenvalue weighted by molar-refractivity contribution is 4.66. The summed E-state index contributed by atoms with van der Waals surface area (Å²) in [6.07, 6.45) is 13.0. The first-order valence-electron chi connectivity index (χ1n) is 5.96. The van der Waals surface area contributed by atoms with E-state index in [0.717, 1.165) is 5.92 Å². The van der Waals surface area contributed by atoms with Crippen LogP contribution in [-0.2, 0) is 0 Å². The van der Waals surface area contributed by atoms with Gasteiger partial charge in [-0.05, 0) is 18.8 Å². The second-order valence-corrected chi connectivity index (χ2v) is 3.99. The van der Waals surface area contributed by atoms with Crippen LogP contribution < -0.4 is 0 Å². The molecule has 0 aromatic carbocycles. The standard InChI is InChI=1S/C13H26/c1-4-7-8-9-10-12-13(6-3)11-5-2/h4,13H,1,5-12H2,2-3H3. The molecule has 0 aromatic heterocycles. The molecule has 0 aliphatic heterocycles. The van der Waals surface area contributed by atoms with Gasteiger partial charge in [-0.1, -0.05) is 58.4 Å². The molecule has 0 saturated heterocycles. The average molecular weight is 182 g/mol. The van der Waals surface area contributed by atoms with E-state index in [1.165, 1.54) is 51.4 Å². The maximum absolute atomic E-state index is 3.74. The zero-order valence-electron chi connectivity index (χ0n) is 9.52. The van der Waals surface area contributed by atoms with Gasteiger partial charge in [-0.25, -0.2) is 0 Å². The van der Waals surface area contributed by atoms with Crippen LogP contribution in [0, 0.1) is 5.92 Å². The van der Waals surface area contributed by atoms with Crippen molar-refractivity contribution in [2.45, 2.75) is 65.2 Å². The van der Waals surface area contributed by atoms with Crippen LogP contribution in [0.25, 0.3) is 0 Å². The molecule has 1 unspecified atom stereocenters. The Bertz CT molecular complexity index is 105. The van der Waals surface area contributed by atoms with Crippen LogP contribution in [0.5, 0.6) is 0 Å². The summed E-state index contributed by atoms with van der Waals surface area (Å²) in [7, 11) is 0. The minimum atomic E-state index is 0.994. The van der Waals surface area contributed by atoms with E-state index in [-0.39, 0.29) is 0 Å². The Morgan fingerprint density at radius 3 is 2.38 bits per heavy atom. The van der Waals surface area contributed by atoms with Crippen LogP contribution in [0.15, 0.2) is 12.7 Å². The van der Waals surface area contributed by atoms with Crippen molar-refractivity contribution in [2.75, 3.05) is 0 Å². The lowest BCUT2D eigenvalue weighted by molar-refractivity contribution is 0.411. The van der Waals surface area contributed by atoms with Crippen molar-refractivity contribution in [3.05, 3.63) is 12.7 Å². The summed E-state index contributed by atoms with van der Waals surface area (Å²) in [6, 6.07) is 0. The van der Waals surface area contributed by atoms with E-state index in [1.54, 1.807) is 0 Å². The lowest BCUT2D eigenvalue weighted by Gasteiger charge is -2.12. The summed E-state index contributed by atoms with van der Waals surface area (Å²) >= 11 is 0. The van der Waals surface area contributed by atoms with E-state index in [4.69, 9.17) is 0 Å². The van der Waals surface area contributed by atoms with Gasteiger partial charge in [0.15, 0.2) is 0 Å². The van der Waals surface area contributed by atoms with Gasteiger partial charge in [-0.2, -0.15) is 0 Å². The Balaban J connectivity index is 3.22. The van der Waals surface area contributed by atoms with Crippen molar-refractivity contribution in [3.8, 4) is 0 Å². The second kappa shape index (κ2) is 9.83. The van der Waals surface area contributed by atoms with Gasteiger partial charge in [0.25, 0.3) is 0 Å². The van der Waals surface area contributed by atoms with Crippen molar-refractivity contribution in [1.82, 2.24) is 0 Å². The predicted molar refractivity (Wildman–Crippen MR) is 62.0 cm³/mol. The fraction of sp³-hybridized carbons (Fsp3) is 0.846. The monoisotopic (exact) mass is 182 g/mol. The van der Waals surface area contributed by atoms with Crippen LogP contribution in [0.1, 0.15) is 65.2 Å². The highest BCUT2D eigenvalue weighted by Gasteiger charge is 2.03. The third kappa shape index (κ3) is 8.08. The quantitative estimate of drug-likeness (QED) is 0.349. The van der Waals surface area contributed by atoms with Crippen molar-refractivity contribution >= 4 is 0 Å². The normalized spacial score (nSPS) is 12.8. The van der Waals surface area contributed by atoms with Gasteiger partial charge in [0.05, 0.1) is 0 Å². The lowest BCUT2D eigenvalue weighted by atomic mass is 9.94. The molecule has 0 radical (unpaired) electrons. The fourth-order valence-corrected chi connectivity index (χ4v) is 1.86. The third-order valence-electron chi connectivity index (χ3n) is 2.79. The fourth-order valence-electron chi connectivity index (χ4n) is 1.86. The SMILES string of the molecule is C=CCCCCCC(CC)CCC. The Labute approximate surface area is 84.4 Å². The van der Waals surface area contributed by atoms with Crippen molar-refractivity contribution in [1.29, 1.82) is 0 Å². The van der Waals surface area contributed by atoms with E-state index in [0.29, 0.717) is 0 Å². The second-order valence-electron chi connectivity index (χ2n) is 3.99. The molecule has 0 aliphatic rings. The Morgan fingerprint density at radius 2 is 1.85 bits per heavy atom. The Kier molecular flexibility index (Phi) is 9.63. The van der Waals surface area contributed by atoms with Crippen LogP contribution in [0.4, 0.5) is 0 Å². The number of rotatable bonds is 9. The van der Waals surface area contributed by atoms with E-state index >= 15 is 0 Å². The molecule has 0 heterocycles. The molecule has 0 amide bonds. The topological polar surface area (TPSA) is 0 Å². The molecule has 0 aromatic rings. The summed E-state index contributed by atoms with van der Waals surface area (Å²) < 4.78 is 0. The number of unbranched alkanes of at least 4 members (excludes halogenated alkanes) is 3. The summed E-state index contributed by atoms with van der Waals surface area (Å²) in [5.41, 5.74) is 0. The molecule has 13 heavy (non-hydrogen) atoms. The summed E-state index contributed by atoms with van der Waals surface area (Å²) in [5.74, 6) is 0.994. The minimum absolute atomic E-state index is 0.994. The van der Waals surface area contributed by atoms with Gasteiger partial charge < -0.3 is 0 Å². The zero-order valence-corrected chi connectivity index (χ0v) is 9.52. The van der Waals surface area contributed by atoms with Crippen LogP contribution in [-0.4, -0.2) is 0 Å². The van der Waals surface area contributed by atoms with Crippen molar-refractivity contribution in [2.24, 2.45) is 5.92 Å². The molecule has 0 spiro atoms. The van der Waals surface area contributed by atoms with Crippen LogP contribution >= 0.6 is 0 Å². The summed E-state index contributed by atoms with van der Waals surface area (Å²) in [6.45, 7) is 8.35. The van der Waals surface area contributed by atoms with Crippen LogP contribution in [0.3, 0.4) is 0 Å². The van der Waals surface area contributed by atoms with E-state index in [2.05, 4.69) is 20.4 Å². The van der Waals surface area contributed by atoms with Crippen molar-refractivity contribution < 1.29 is 0 Å². The first kappa shape index (κ1) is 12.7. The highest BCUT2D eigenvalue weighted by atomic mass is 14.1. The number of hydrogen-bond donors (Lipinski definition) is 0. The minimum Gasteiger partial charge on any atom is -0.103 e. The molecule has 0 nitrogen and oxygen atoms in total. The Hall–Kier alpha value is -0.260. The zero-order chi connectivity index (χ0) is 9.94. The molecular weight excluding hydrogens is 156 g/mol. The first-order chi connectivity index (χ1) is 6.35. The molecule has 1 atom stereocenters. The average Bonchev–Trinajstić information content (AvgIpc) is 2.16. The molecule has 0 bridgehead atoms. The van der Waals surface area contributed by atoms with Gasteiger partial charge in [0.1, 0.15) is 0 Å². The van der Waals surface area contributed by atoms with E-state index < -0.39 is 0 Å². The molecular formula is C13H26. The molecule has 78 valence electrons. The highest BCUT2D eigenvalue weighted by Crippen LogP contribution is 2.18. The van der Waals surface area contributed by atoms with Crippen LogP contribution in [0.2, 0.25) is 0 Å². The summed E-state index contributed by atoms with van der Waals surface area (Å²) in [5, 5.41) is 0. The van der Waals surface area contributed by atoms with Crippen molar-refractivity contribution in [3.63, 3.8) is 0 Å². The Morgan fingerprint density at radius 1 is 1.08 bits per heavy atom. The number of hydrogen-bond acceptors (Lipinski definition) is 0. The summed E-state index contributed by atoms with van der Waals surface area (Å²) in [4.78, 5) is 0. The molecule has 0 aliphatic carbocycles. The maximum atomic E-state index is 3.74. The number of allylic oxidation sites excluding steroid dienone is 1. The molecule has 0 saturated carbocycles. The largest absolute Gasteiger partial charge is 0.103 e. The molecule has 0 heteroatoms. The first-order valence-corrected chi connectivity index (χ1v) is 5.96. The third-order valence-corrected chi connectivity index (χ3v) is 2.79. The van der Waals surface area contributed by atoms with E-state index in [9.17, 15) is 0 Å². The molecule has 0 fully saturated rings. The van der Waals surface area contributed by atoms with E-state index in [1.807, 2.05) is 6.08 Å². The van der Waals surface area contributed by atoms with Gasteiger partial charge in [-0.3, -0.25) is 0 Å². The van der Waals surface area contributed by atoms with Gasteiger partial charge in [-0.15, -0.1) is 6.58 Å². The molecule has 0 N–H and O–H groups in total. The smallest absolute Gasteiger partial charge is 0.0353 e. The maximum Gasteiger partial charge on any atom is -0.0353 e. The van der Waals surface area contributed by atoms with Gasteiger partial charge in [0, 0.05) is 0 Å². The predicted octanol–water partition coefficient (Wildman–Crippen LogP) is 4.95.